The van der Waals surface area contributed by atoms with Gasteiger partial charge in [-0.15, -0.1) is 0 Å². The number of rotatable bonds is 11. The highest BCUT2D eigenvalue weighted by Gasteiger charge is 2.10. The van der Waals surface area contributed by atoms with Crippen LogP contribution in [0.4, 0.5) is 0 Å². The van der Waals surface area contributed by atoms with Crippen LogP contribution in [0.5, 0.6) is 11.5 Å². The van der Waals surface area contributed by atoms with Gasteiger partial charge in [-0.1, -0.05) is 13.3 Å². The first kappa shape index (κ1) is 20.7. The second-order valence-corrected chi connectivity index (χ2v) is 5.94. The number of ether oxygens (including phenoxy) is 2. The van der Waals surface area contributed by atoms with Crippen LogP contribution in [0.25, 0.3) is 0 Å². The van der Waals surface area contributed by atoms with Crippen LogP contribution in [-0.4, -0.2) is 35.8 Å². The van der Waals surface area contributed by atoms with E-state index >= 15 is 0 Å². The summed E-state index contributed by atoms with van der Waals surface area (Å²) in [7, 11) is 0. The molecule has 0 unspecified atom stereocenters. The van der Waals surface area contributed by atoms with Gasteiger partial charge in [-0.3, -0.25) is 9.59 Å². The fourth-order valence-corrected chi connectivity index (χ4v) is 2.50. The zero-order chi connectivity index (χ0) is 19.6. The summed E-state index contributed by atoms with van der Waals surface area (Å²) in [5, 5.41) is 17.9. The number of benzene rings is 1. The Morgan fingerprint density at radius 3 is 2.48 bits per heavy atom. The molecular weight excluding hydrogens is 352 g/mol. The van der Waals surface area contributed by atoms with Crippen molar-refractivity contribution in [1.82, 2.24) is 0 Å². The molecule has 2 rings (SSSR count). The largest absolute Gasteiger partial charge is 0.493 e. The SMILES string of the molecule is CCCc1cc(C(=O)CO)ccc1OCCCOc1coc(CO)cc1=O. The van der Waals surface area contributed by atoms with Crippen LogP contribution in [0, 0.1) is 0 Å². The third-order valence-corrected chi connectivity index (χ3v) is 3.86. The summed E-state index contributed by atoms with van der Waals surface area (Å²) >= 11 is 0. The predicted molar refractivity (Wildman–Crippen MR) is 98.4 cm³/mol. The highest BCUT2D eigenvalue weighted by Crippen LogP contribution is 2.22. The van der Waals surface area contributed by atoms with Crippen molar-refractivity contribution in [1.29, 1.82) is 0 Å². The normalized spacial score (nSPS) is 10.6. The molecule has 1 aromatic heterocycles. The van der Waals surface area contributed by atoms with E-state index in [1.54, 1.807) is 18.2 Å². The van der Waals surface area contributed by atoms with Crippen LogP contribution in [0.3, 0.4) is 0 Å². The lowest BCUT2D eigenvalue weighted by molar-refractivity contribution is 0.0903. The number of aliphatic hydroxyl groups is 2. The van der Waals surface area contributed by atoms with Crippen LogP contribution < -0.4 is 14.9 Å². The molecule has 0 radical (unpaired) electrons. The van der Waals surface area contributed by atoms with Crippen LogP contribution in [0.15, 0.2) is 39.7 Å². The second-order valence-electron chi connectivity index (χ2n) is 5.94. The maximum Gasteiger partial charge on any atom is 0.227 e. The molecule has 0 fully saturated rings. The molecule has 1 aromatic carbocycles. The maximum absolute atomic E-state index is 11.7. The Balaban J connectivity index is 1.87. The number of hydrogen-bond donors (Lipinski definition) is 2. The van der Waals surface area contributed by atoms with E-state index in [2.05, 4.69) is 0 Å². The molecule has 2 aromatic rings. The Kier molecular flexibility index (Phi) is 8.03. The number of Topliss-reactive ketones (excluding diaryl/α,β-unsaturated/α-hetero) is 1. The smallest absolute Gasteiger partial charge is 0.227 e. The van der Waals surface area contributed by atoms with E-state index in [1.165, 1.54) is 12.3 Å². The van der Waals surface area contributed by atoms with Crippen molar-refractivity contribution >= 4 is 5.78 Å². The number of carbonyl (C=O) groups excluding carboxylic acids is 1. The van der Waals surface area contributed by atoms with Gasteiger partial charge in [-0.05, 0) is 30.2 Å². The summed E-state index contributed by atoms with van der Waals surface area (Å²) in [5.41, 5.74) is 1.04. The molecule has 0 aliphatic heterocycles. The molecule has 0 amide bonds. The van der Waals surface area contributed by atoms with Crippen molar-refractivity contribution in [3.05, 3.63) is 57.6 Å². The number of aryl methyl sites for hydroxylation is 1. The number of ketones is 1. The molecule has 27 heavy (non-hydrogen) atoms. The first-order valence-corrected chi connectivity index (χ1v) is 8.84. The minimum atomic E-state index is -0.517. The minimum Gasteiger partial charge on any atom is -0.493 e. The van der Waals surface area contributed by atoms with Crippen molar-refractivity contribution < 1.29 is 28.9 Å². The lowest BCUT2D eigenvalue weighted by Crippen LogP contribution is -2.12. The molecule has 0 saturated heterocycles. The fourth-order valence-electron chi connectivity index (χ4n) is 2.50. The molecule has 0 spiro atoms. The summed E-state index contributed by atoms with van der Waals surface area (Å²) < 4.78 is 16.2. The first-order valence-electron chi connectivity index (χ1n) is 8.84. The van der Waals surface area contributed by atoms with E-state index in [1.807, 2.05) is 6.92 Å². The molecule has 1 heterocycles. The summed E-state index contributed by atoms with van der Waals surface area (Å²) in [5.74, 6) is 0.643. The molecule has 0 atom stereocenters. The van der Waals surface area contributed by atoms with Gasteiger partial charge in [-0.2, -0.15) is 0 Å². The van der Waals surface area contributed by atoms with E-state index < -0.39 is 6.61 Å². The molecule has 146 valence electrons. The van der Waals surface area contributed by atoms with Gasteiger partial charge >= 0.3 is 0 Å². The quantitative estimate of drug-likeness (QED) is 0.457. The van der Waals surface area contributed by atoms with Crippen molar-refractivity contribution in [3.8, 4) is 11.5 Å². The van der Waals surface area contributed by atoms with E-state index in [4.69, 9.17) is 24.1 Å². The van der Waals surface area contributed by atoms with Gasteiger partial charge in [0.1, 0.15) is 31.0 Å². The summed E-state index contributed by atoms with van der Waals surface area (Å²) in [4.78, 5) is 23.4. The molecule has 0 saturated carbocycles. The average Bonchev–Trinajstić information content (AvgIpc) is 2.69. The second kappa shape index (κ2) is 10.5. The Labute approximate surface area is 157 Å². The Morgan fingerprint density at radius 2 is 1.85 bits per heavy atom. The molecule has 7 heteroatoms. The zero-order valence-electron chi connectivity index (χ0n) is 15.3. The first-order chi connectivity index (χ1) is 13.1. The number of carbonyl (C=O) groups is 1. The van der Waals surface area contributed by atoms with E-state index in [0.717, 1.165) is 18.4 Å². The van der Waals surface area contributed by atoms with E-state index in [0.29, 0.717) is 24.3 Å². The molecular formula is C20H24O7. The van der Waals surface area contributed by atoms with Crippen molar-refractivity contribution in [2.75, 3.05) is 19.8 Å². The van der Waals surface area contributed by atoms with Gasteiger partial charge in [0.05, 0.1) is 13.2 Å². The maximum atomic E-state index is 11.7. The Hall–Kier alpha value is -2.64. The Bertz CT molecular complexity index is 810. The van der Waals surface area contributed by atoms with Crippen molar-refractivity contribution in [3.63, 3.8) is 0 Å². The van der Waals surface area contributed by atoms with Crippen LogP contribution in [-0.2, 0) is 13.0 Å². The van der Waals surface area contributed by atoms with E-state index in [9.17, 15) is 9.59 Å². The third-order valence-electron chi connectivity index (χ3n) is 3.86. The van der Waals surface area contributed by atoms with Crippen molar-refractivity contribution in [2.24, 2.45) is 0 Å². The molecule has 0 aliphatic carbocycles. The summed E-state index contributed by atoms with van der Waals surface area (Å²) in [6.45, 7) is 1.83. The minimum absolute atomic E-state index is 0.0886. The summed E-state index contributed by atoms with van der Waals surface area (Å²) in [6, 6.07) is 6.31. The van der Waals surface area contributed by atoms with Crippen LogP contribution >= 0.6 is 0 Å². The molecule has 2 N–H and O–H groups in total. The number of hydrogen-bond acceptors (Lipinski definition) is 7. The molecule has 0 aliphatic rings. The lowest BCUT2D eigenvalue weighted by atomic mass is 10.0. The van der Waals surface area contributed by atoms with Crippen LogP contribution in [0.1, 0.15) is 41.4 Å². The zero-order valence-corrected chi connectivity index (χ0v) is 15.3. The van der Waals surface area contributed by atoms with Gasteiger partial charge < -0.3 is 24.1 Å². The van der Waals surface area contributed by atoms with Gasteiger partial charge in [0.15, 0.2) is 5.78 Å². The fraction of sp³-hybridized carbons (Fsp3) is 0.400. The summed E-state index contributed by atoms with van der Waals surface area (Å²) in [6.07, 6.45) is 3.39. The third kappa shape index (κ3) is 5.94. The van der Waals surface area contributed by atoms with Gasteiger partial charge in [0.25, 0.3) is 0 Å². The van der Waals surface area contributed by atoms with Crippen LogP contribution in [0.2, 0.25) is 0 Å². The average molecular weight is 376 g/mol. The lowest BCUT2D eigenvalue weighted by Gasteiger charge is -2.13. The van der Waals surface area contributed by atoms with E-state index in [-0.39, 0.29) is 35.9 Å². The van der Waals surface area contributed by atoms with Crippen molar-refractivity contribution in [2.45, 2.75) is 32.8 Å². The van der Waals surface area contributed by atoms with Gasteiger partial charge in [0, 0.05) is 18.1 Å². The number of aliphatic hydroxyl groups excluding tert-OH is 2. The highest BCUT2D eigenvalue weighted by molar-refractivity contribution is 5.97. The highest BCUT2D eigenvalue weighted by atomic mass is 16.5. The molecule has 0 bridgehead atoms. The predicted octanol–water partition coefficient (Wildman–Crippen LogP) is 2.11. The topological polar surface area (TPSA) is 106 Å². The van der Waals surface area contributed by atoms with Gasteiger partial charge in [-0.25, -0.2) is 0 Å². The monoisotopic (exact) mass is 376 g/mol. The molecule has 7 nitrogen and oxygen atoms in total. The Morgan fingerprint density at radius 1 is 1.11 bits per heavy atom. The van der Waals surface area contributed by atoms with Gasteiger partial charge in [0.2, 0.25) is 11.2 Å². The standard InChI is InChI=1S/C20H24O7/c1-2-4-15-9-14(18(24)12-22)5-6-19(15)25-7-3-8-26-20-13-27-16(11-21)10-17(20)23/h5-6,9-10,13,21-22H,2-4,7-8,11-12H2,1H3.